The summed E-state index contributed by atoms with van der Waals surface area (Å²) in [4.78, 5) is 25.0. The average molecular weight is 399 g/mol. The first kappa shape index (κ1) is 22.3. The number of hydrogen-bond acceptors (Lipinski definition) is 4. The van der Waals surface area contributed by atoms with E-state index in [1.54, 1.807) is 24.3 Å². The quantitative estimate of drug-likeness (QED) is 0.686. The van der Waals surface area contributed by atoms with E-state index in [2.05, 4.69) is 10.6 Å². The molecule has 29 heavy (non-hydrogen) atoms. The zero-order chi connectivity index (χ0) is 21.6. The van der Waals surface area contributed by atoms with Gasteiger partial charge >= 0.3 is 0 Å². The minimum absolute atomic E-state index is 0.0912. The summed E-state index contributed by atoms with van der Waals surface area (Å²) in [6.45, 7) is 12.2. The van der Waals surface area contributed by atoms with Crippen molar-refractivity contribution >= 4 is 23.2 Å². The summed E-state index contributed by atoms with van der Waals surface area (Å²) in [6, 6.07) is 10.5. The molecule has 0 heterocycles. The van der Waals surface area contributed by atoms with Crippen LogP contribution in [0.3, 0.4) is 0 Å². The van der Waals surface area contributed by atoms with Gasteiger partial charge in [0.05, 0.1) is 13.2 Å². The van der Waals surface area contributed by atoms with Crippen LogP contribution in [0.5, 0.6) is 11.5 Å². The number of amides is 2. The normalized spacial score (nSPS) is 11.0. The highest BCUT2D eigenvalue weighted by molar-refractivity contribution is 6.05. The van der Waals surface area contributed by atoms with E-state index in [0.717, 1.165) is 5.56 Å². The Morgan fingerprint density at radius 1 is 0.897 bits per heavy atom. The smallest absolute Gasteiger partial charge is 0.255 e. The molecule has 6 heteroatoms. The van der Waals surface area contributed by atoms with Gasteiger partial charge in [0.25, 0.3) is 5.91 Å². The molecule has 0 saturated carbocycles. The van der Waals surface area contributed by atoms with Gasteiger partial charge in [-0.25, -0.2) is 0 Å². The molecule has 0 aliphatic carbocycles. The Morgan fingerprint density at radius 3 is 2.17 bits per heavy atom. The molecule has 2 N–H and O–H groups in total. The topological polar surface area (TPSA) is 76.7 Å². The fraction of sp³-hybridized carbons (Fsp3) is 0.391. The molecule has 2 rings (SSSR count). The fourth-order valence-corrected chi connectivity index (χ4v) is 2.54. The number of ether oxygens (including phenoxy) is 2. The van der Waals surface area contributed by atoms with Crippen LogP contribution in [0.15, 0.2) is 36.4 Å². The molecule has 0 spiro atoms. The first-order valence-electron chi connectivity index (χ1n) is 9.78. The molecular formula is C23H30N2O4. The van der Waals surface area contributed by atoms with Crippen LogP contribution < -0.4 is 20.1 Å². The summed E-state index contributed by atoms with van der Waals surface area (Å²) in [6.07, 6.45) is 0. The summed E-state index contributed by atoms with van der Waals surface area (Å²) >= 11 is 0. The van der Waals surface area contributed by atoms with Crippen LogP contribution in [0, 0.1) is 12.3 Å². The second-order valence-electron chi connectivity index (χ2n) is 7.72. The van der Waals surface area contributed by atoms with Crippen molar-refractivity contribution in [2.75, 3.05) is 23.8 Å². The number of aryl methyl sites for hydroxylation is 1. The van der Waals surface area contributed by atoms with Gasteiger partial charge in [0.1, 0.15) is 0 Å². The summed E-state index contributed by atoms with van der Waals surface area (Å²) in [7, 11) is 0. The fourth-order valence-electron chi connectivity index (χ4n) is 2.54. The number of anilines is 2. The van der Waals surface area contributed by atoms with Crippen molar-refractivity contribution in [3.05, 3.63) is 47.5 Å². The Balaban J connectivity index is 2.23. The molecule has 0 bridgehead atoms. The van der Waals surface area contributed by atoms with Gasteiger partial charge in [-0.1, -0.05) is 26.8 Å². The predicted molar refractivity (Wildman–Crippen MR) is 116 cm³/mol. The second-order valence-corrected chi connectivity index (χ2v) is 7.72. The van der Waals surface area contributed by atoms with E-state index in [4.69, 9.17) is 9.47 Å². The highest BCUT2D eigenvalue weighted by atomic mass is 16.5. The minimum Gasteiger partial charge on any atom is -0.490 e. The monoisotopic (exact) mass is 398 g/mol. The molecule has 0 atom stereocenters. The summed E-state index contributed by atoms with van der Waals surface area (Å²) in [5.41, 5.74) is 2.11. The van der Waals surface area contributed by atoms with Crippen molar-refractivity contribution in [1.82, 2.24) is 0 Å². The molecule has 0 aliphatic heterocycles. The van der Waals surface area contributed by atoms with E-state index < -0.39 is 5.41 Å². The third-order valence-corrected chi connectivity index (χ3v) is 4.23. The van der Waals surface area contributed by atoms with E-state index >= 15 is 0 Å². The predicted octanol–water partition coefficient (Wildman–Crippen LogP) is 5.03. The van der Waals surface area contributed by atoms with E-state index in [1.807, 2.05) is 53.7 Å². The molecule has 0 unspecified atom stereocenters. The first-order valence-corrected chi connectivity index (χ1v) is 9.78. The largest absolute Gasteiger partial charge is 0.490 e. The van der Waals surface area contributed by atoms with Crippen LogP contribution in [0.1, 0.15) is 50.5 Å². The molecule has 0 radical (unpaired) electrons. The molecule has 0 saturated heterocycles. The van der Waals surface area contributed by atoms with Gasteiger partial charge in [0.2, 0.25) is 5.91 Å². The molecule has 2 aromatic rings. The number of benzene rings is 2. The zero-order valence-corrected chi connectivity index (χ0v) is 18.0. The summed E-state index contributed by atoms with van der Waals surface area (Å²) in [5.74, 6) is 0.779. The van der Waals surface area contributed by atoms with Crippen molar-refractivity contribution in [1.29, 1.82) is 0 Å². The lowest BCUT2D eigenvalue weighted by Gasteiger charge is -2.18. The minimum atomic E-state index is -0.508. The third kappa shape index (κ3) is 5.98. The van der Waals surface area contributed by atoms with Gasteiger partial charge < -0.3 is 20.1 Å². The lowest BCUT2D eigenvalue weighted by Crippen LogP contribution is -2.27. The zero-order valence-electron chi connectivity index (χ0n) is 18.0. The van der Waals surface area contributed by atoms with Crippen LogP contribution >= 0.6 is 0 Å². The molecular weight excluding hydrogens is 368 g/mol. The van der Waals surface area contributed by atoms with Crippen LogP contribution in [0.25, 0.3) is 0 Å². The van der Waals surface area contributed by atoms with Gasteiger partial charge in [-0.15, -0.1) is 0 Å². The number of hydrogen-bond donors (Lipinski definition) is 2. The molecule has 0 aliphatic rings. The molecule has 6 nitrogen and oxygen atoms in total. The van der Waals surface area contributed by atoms with Gasteiger partial charge in [-0.2, -0.15) is 0 Å². The maximum absolute atomic E-state index is 12.8. The SMILES string of the molecule is CCOc1ccc(C(=O)Nc2cc(NC(=O)C(C)(C)C)ccc2C)cc1OCC. The highest BCUT2D eigenvalue weighted by Gasteiger charge is 2.21. The second kappa shape index (κ2) is 9.45. The Bertz CT molecular complexity index is 885. The summed E-state index contributed by atoms with van der Waals surface area (Å²) in [5, 5.41) is 5.80. The Hall–Kier alpha value is -3.02. The first-order chi connectivity index (χ1) is 13.7. The van der Waals surface area contributed by atoms with Gasteiger partial charge in [-0.3, -0.25) is 9.59 Å². The summed E-state index contributed by atoms with van der Waals surface area (Å²) < 4.78 is 11.1. The lowest BCUT2D eigenvalue weighted by atomic mass is 9.95. The third-order valence-electron chi connectivity index (χ3n) is 4.23. The van der Waals surface area contributed by atoms with E-state index in [0.29, 0.717) is 41.7 Å². The van der Waals surface area contributed by atoms with Gasteiger partial charge in [-0.05, 0) is 56.7 Å². The van der Waals surface area contributed by atoms with Crippen molar-refractivity contribution in [3.63, 3.8) is 0 Å². The number of carbonyl (C=O) groups excluding carboxylic acids is 2. The molecule has 156 valence electrons. The Morgan fingerprint density at radius 2 is 1.55 bits per heavy atom. The van der Waals surface area contributed by atoms with E-state index in [-0.39, 0.29) is 11.8 Å². The van der Waals surface area contributed by atoms with Crippen molar-refractivity contribution in [2.45, 2.75) is 41.5 Å². The van der Waals surface area contributed by atoms with Crippen LogP contribution in [-0.2, 0) is 4.79 Å². The van der Waals surface area contributed by atoms with Gasteiger partial charge in [0.15, 0.2) is 11.5 Å². The average Bonchev–Trinajstić information content (AvgIpc) is 2.65. The Labute approximate surface area is 172 Å². The number of rotatable bonds is 7. The van der Waals surface area contributed by atoms with E-state index in [1.165, 1.54) is 0 Å². The molecule has 2 aromatic carbocycles. The van der Waals surface area contributed by atoms with Crippen molar-refractivity contribution < 1.29 is 19.1 Å². The lowest BCUT2D eigenvalue weighted by molar-refractivity contribution is -0.123. The highest BCUT2D eigenvalue weighted by Crippen LogP contribution is 2.29. The maximum atomic E-state index is 12.8. The van der Waals surface area contributed by atoms with Gasteiger partial charge in [0, 0.05) is 22.4 Å². The van der Waals surface area contributed by atoms with E-state index in [9.17, 15) is 9.59 Å². The number of nitrogens with one attached hydrogen (secondary N) is 2. The van der Waals surface area contributed by atoms with Crippen molar-refractivity contribution in [3.8, 4) is 11.5 Å². The molecule has 0 fully saturated rings. The standard InChI is InChI=1S/C23H30N2O4/c1-7-28-19-12-10-16(13-20(19)29-8-2)21(26)25-18-14-17(11-9-15(18)3)24-22(27)23(4,5)6/h9-14H,7-8H2,1-6H3,(H,24,27)(H,25,26). The van der Waals surface area contributed by atoms with Crippen LogP contribution in [0.2, 0.25) is 0 Å². The molecule has 0 aromatic heterocycles. The van der Waals surface area contributed by atoms with Crippen LogP contribution in [-0.4, -0.2) is 25.0 Å². The number of carbonyl (C=O) groups is 2. The van der Waals surface area contributed by atoms with Crippen LogP contribution in [0.4, 0.5) is 11.4 Å². The van der Waals surface area contributed by atoms with Crippen molar-refractivity contribution in [2.24, 2.45) is 5.41 Å². The Kier molecular flexibility index (Phi) is 7.26. The maximum Gasteiger partial charge on any atom is 0.255 e. The molecule has 2 amide bonds.